The molecule has 148 valence electrons. The SMILES string of the molecule is C[C@@H]1[C@@H](C(=O)N2CCOC2=O)C(c2ccccc2)=N[C@H]1c1ccc([N+](=O)[O-])cc1. The smallest absolute Gasteiger partial charge is 0.416 e. The lowest BCUT2D eigenvalue weighted by molar-refractivity contribution is -0.384. The van der Waals surface area contributed by atoms with Crippen molar-refractivity contribution in [3.63, 3.8) is 0 Å². The Morgan fingerprint density at radius 3 is 2.45 bits per heavy atom. The van der Waals surface area contributed by atoms with Crippen molar-refractivity contribution >= 4 is 23.4 Å². The van der Waals surface area contributed by atoms with Gasteiger partial charge in [0, 0.05) is 12.1 Å². The van der Waals surface area contributed by atoms with Gasteiger partial charge in [0.25, 0.3) is 5.69 Å². The van der Waals surface area contributed by atoms with Crippen LogP contribution < -0.4 is 0 Å². The van der Waals surface area contributed by atoms with Gasteiger partial charge in [-0.3, -0.25) is 19.9 Å². The highest BCUT2D eigenvalue weighted by molar-refractivity contribution is 6.16. The van der Waals surface area contributed by atoms with Crippen LogP contribution in [0, 0.1) is 22.0 Å². The standard InChI is InChI=1S/C21H19N3O5/c1-13-17(20(25)23-11-12-29-21(23)26)19(14-5-3-2-4-6-14)22-18(13)15-7-9-16(10-8-15)24(27)28/h2-10,13,17-18H,11-12H2,1H3/t13-,17-,18-/m1/s1. The molecule has 0 aromatic heterocycles. The van der Waals surface area contributed by atoms with Crippen molar-refractivity contribution in [1.29, 1.82) is 0 Å². The molecule has 0 bridgehead atoms. The number of nitro groups is 1. The van der Waals surface area contributed by atoms with Gasteiger partial charge >= 0.3 is 6.09 Å². The molecule has 0 N–H and O–H groups in total. The fourth-order valence-electron chi connectivity index (χ4n) is 3.92. The van der Waals surface area contributed by atoms with Gasteiger partial charge in [0.15, 0.2) is 0 Å². The molecule has 0 radical (unpaired) electrons. The number of carbonyl (C=O) groups excluding carboxylic acids is 2. The lowest BCUT2D eigenvalue weighted by Crippen LogP contribution is -2.41. The van der Waals surface area contributed by atoms with Gasteiger partial charge in [-0.15, -0.1) is 0 Å². The lowest BCUT2D eigenvalue weighted by Gasteiger charge is -2.23. The molecule has 2 aromatic rings. The Bertz CT molecular complexity index is 987. The van der Waals surface area contributed by atoms with Crippen molar-refractivity contribution in [3.05, 3.63) is 75.8 Å². The summed E-state index contributed by atoms with van der Waals surface area (Å²) in [5.41, 5.74) is 2.22. The molecule has 0 aliphatic carbocycles. The Morgan fingerprint density at radius 2 is 1.86 bits per heavy atom. The summed E-state index contributed by atoms with van der Waals surface area (Å²) in [6.07, 6.45) is -0.631. The predicted molar refractivity (Wildman–Crippen MR) is 105 cm³/mol. The first-order chi connectivity index (χ1) is 14.0. The second-order valence-electron chi connectivity index (χ2n) is 7.11. The number of carbonyl (C=O) groups is 2. The van der Waals surface area contributed by atoms with Crippen molar-refractivity contribution < 1.29 is 19.2 Å². The van der Waals surface area contributed by atoms with Crippen LogP contribution in [-0.2, 0) is 9.53 Å². The number of hydrogen-bond acceptors (Lipinski definition) is 6. The highest BCUT2D eigenvalue weighted by atomic mass is 16.6. The molecule has 2 aliphatic rings. The summed E-state index contributed by atoms with van der Waals surface area (Å²) in [6, 6.07) is 15.2. The summed E-state index contributed by atoms with van der Waals surface area (Å²) in [7, 11) is 0. The van der Waals surface area contributed by atoms with E-state index in [1.54, 1.807) is 12.1 Å². The molecule has 0 unspecified atom stereocenters. The second-order valence-corrected chi connectivity index (χ2v) is 7.11. The normalized spacial score (nSPS) is 23.6. The molecule has 1 fully saturated rings. The summed E-state index contributed by atoms with van der Waals surface area (Å²) in [6.45, 7) is 2.33. The van der Waals surface area contributed by atoms with E-state index in [1.807, 2.05) is 37.3 Å². The number of nitrogens with zero attached hydrogens (tertiary/aromatic N) is 3. The van der Waals surface area contributed by atoms with Crippen molar-refractivity contribution in [2.75, 3.05) is 13.2 Å². The van der Waals surface area contributed by atoms with Crippen LogP contribution in [-0.4, -0.2) is 40.7 Å². The van der Waals surface area contributed by atoms with Crippen molar-refractivity contribution in [3.8, 4) is 0 Å². The molecule has 8 nitrogen and oxygen atoms in total. The highest BCUT2D eigenvalue weighted by Gasteiger charge is 2.45. The monoisotopic (exact) mass is 393 g/mol. The highest BCUT2D eigenvalue weighted by Crippen LogP contribution is 2.41. The van der Waals surface area contributed by atoms with Crippen LogP contribution in [0.4, 0.5) is 10.5 Å². The average molecular weight is 393 g/mol. The zero-order chi connectivity index (χ0) is 20.5. The molecule has 0 spiro atoms. The van der Waals surface area contributed by atoms with Crippen LogP contribution in [0.15, 0.2) is 59.6 Å². The predicted octanol–water partition coefficient (Wildman–Crippen LogP) is 3.37. The number of benzene rings is 2. The van der Waals surface area contributed by atoms with Gasteiger partial charge in [-0.25, -0.2) is 9.69 Å². The molecule has 8 heteroatoms. The Hall–Kier alpha value is -3.55. The first-order valence-corrected chi connectivity index (χ1v) is 9.33. The molecule has 2 aromatic carbocycles. The molecule has 29 heavy (non-hydrogen) atoms. The third-order valence-electron chi connectivity index (χ3n) is 5.40. The van der Waals surface area contributed by atoms with Crippen LogP contribution in [0.2, 0.25) is 0 Å². The van der Waals surface area contributed by atoms with Gasteiger partial charge in [-0.2, -0.15) is 0 Å². The van der Waals surface area contributed by atoms with E-state index in [4.69, 9.17) is 9.73 Å². The van der Waals surface area contributed by atoms with Crippen LogP contribution >= 0.6 is 0 Å². The molecule has 3 atom stereocenters. The van der Waals surface area contributed by atoms with Gasteiger partial charge in [0.1, 0.15) is 6.61 Å². The van der Waals surface area contributed by atoms with E-state index >= 15 is 0 Å². The first kappa shape index (κ1) is 18.8. The minimum atomic E-state index is -0.631. The number of non-ortho nitro benzene ring substituents is 1. The van der Waals surface area contributed by atoms with Crippen LogP contribution in [0.3, 0.4) is 0 Å². The molecule has 2 amide bonds. The maximum Gasteiger partial charge on any atom is 0.416 e. The molecular weight excluding hydrogens is 374 g/mol. The molecular formula is C21H19N3O5. The largest absolute Gasteiger partial charge is 0.447 e. The van der Waals surface area contributed by atoms with E-state index in [0.29, 0.717) is 5.71 Å². The number of cyclic esters (lactones) is 1. The Morgan fingerprint density at radius 1 is 1.17 bits per heavy atom. The number of rotatable bonds is 4. The Kier molecular flexibility index (Phi) is 4.84. The molecule has 1 saturated heterocycles. The Balaban J connectivity index is 1.72. The van der Waals surface area contributed by atoms with Crippen LogP contribution in [0.1, 0.15) is 24.1 Å². The number of ether oxygens (including phenoxy) is 1. The molecule has 4 rings (SSSR count). The van der Waals surface area contributed by atoms with E-state index < -0.39 is 16.9 Å². The second kappa shape index (κ2) is 7.46. The molecule has 2 aliphatic heterocycles. The summed E-state index contributed by atoms with van der Waals surface area (Å²) < 4.78 is 4.93. The van der Waals surface area contributed by atoms with E-state index in [0.717, 1.165) is 16.0 Å². The minimum absolute atomic E-state index is 0.000832. The van der Waals surface area contributed by atoms with Gasteiger partial charge in [-0.05, 0) is 17.0 Å². The maximum atomic E-state index is 13.2. The average Bonchev–Trinajstić information content (AvgIpc) is 3.31. The number of aliphatic imine (C=N–C) groups is 1. The van der Waals surface area contributed by atoms with E-state index in [1.165, 1.54) is 12.1 Å². The van der Waals surface area contributed by atoms with Gasteiger partial charge < -0.3 is 4.74 Å². The van der Waals surface area contributed by atoms with Crippen LogP contribution in [0.5, 0.6) is 0 Å². The summed E-state index contributed by atoms with van der Waals surface area (Å²) in [5.74, 6) is -1.16. The summed E-state index contributed by atoms with van der Waals surface area (Å²) in [5, 5.41) is 10.9. The zero-order valence-electron chi connectivity index (χ0n) is 15.7. The maximum absolute atomic E-state index is 13.2. The first-order valence-electron chi connectivity index (χ1n) is 9.33. The van der Waals surface area contributed by atoms with Crippen molar-refractivity contribution in [2.45, 2.75) is 13.0 Å². The number of imide groups is 1. The van der Waals surface area contributed by atoms with E-state index in [2.05, 4.69) is 0 Å². The quantitative estimate of drug-likeness (QED) is 0.585. The topological polar surface area (TPSA) is 102 Å². The zero-order valence-corrected chi connectivity index (χ0v) is 15.7. The summed E-state index contributed by atoms with van der Waals surface area (Å²) >= 11 is 0. The van der Waals surface area contributed by atoms with Gasteiger partial charge in [0.2, 0.25) is 5.91 Å². The van der Waals surface area contributed by atoms with Crippen LogP contribution in [0.25, 0.3) is 0 Å². The number of hydrogen-bond donors (Lipinski definition) is 0. The minimum Gasteiger partial charge on any atom is -0.447 e. The molecule has 2 heterocycles. The van der Waals surface area contributed by atoms with E-state index in [9.17, 15) is 19.7 Å². The summed E-state index contributed by atoms with van der Waals surface area (Å²) in [4.78, 5) is 41.6. The van der Waals surface area contributed by atoms with Crippen molar-refractivity contribution in [2.24, 2.45) is 16.8 Å². The Labute approximate surface area is 167 Å². The third kappa shape index (κ3) is 3.37. The number of nitro benzene ring substituents is 1. The lowest BCUT2D eigenvalue weighted by atomic mass is 9.82. The number of amides is 2. The van der Waals surface area contributed by atoms with Gasteiger partial charge in [0.05, 0.1) is 29.1 Å². The van der Waals surface area contributed by atoms with Gasteiger partial charge in [-0.1, -0.05) is 49.4 Å². The third-order valence-corrected chi connectivity index (χ3v) is 5.40. The fourth-order valence-corrected chi connectivity index (χ4v) is 3.92. The fraction of sp³-hybridized carbons (Fsp3) is 0.286. The molecule has 0 saturated carbocycles. The van der Waals surface area contributed by atoms with E-state index in [-0.39, 0.29) is 36.7 Å². The van der Waals surface area contributed by atoms with Crippen molar-refractivity contribution in [1.82, 2.24) is 4.90 Å².